The maximum Gasteiger partial charge on any atom is 0.240 e. The summed E-state index contributed by atoms with van der Waals surface area (Å²) in [6.07, 6.45) is 6.47. The molecule has 19 heavy (non-hydrogen) atoms. The van der Waals surface area contributed by atoms with Crippen molar-refractivity contribution in [2.24, 2.45) is 0 Å². The molecule has 0 radical (unpaired) electrons. The summed E-state index contributed by atoms with van der Waals surface area (Å²) in [7, 11) is 0. The van der Waals surface area contributed by atoms with Crippen LogP contribution in [0.2, 0.25) is 0 Å². The molecule has 2 rings (SSSR count). The van der Waals surface area contributed by atoms with Gasteiger partial charge in [-0.2, -0.15) is 0 Å². The number of likely N-dealkylation sites (tertiary alicyclic amines) is 1. The number of hydrogen-bond acceptors (Lipinski definition) is 3. The Hall–Kier alpha value is -0.610. The van der Waals surface area contributed by atoms with Crippen molar-refractivity contribution in [2.75, 3.05) is 26.2 Å². The fourth-order valence-electron chi connectivity index (χ4n) is 3.54. The predicted octanol–water partition coefficient (Wildman–Crippen LogP) is 1.51. The summed E-state index contributed by atoms with van der Waals surface area (Å²) in [5.74, 6) is 0.245. The number of carbonyl (C=O) groups excluding carboxylic acids is 1. The molecule has 1 amide bonds. The smallest absolute Gasteiger partial charge is 0.240 e. The van der Waals surface area contributed by atoms with Gasteiger partial charge in [0.1, 0.15) is 0 Å². The van der Waals surface area contributed by atoms with Gasteiger partial charge in [0.2, 0.25) is 5.91 Å². The Labute approximate surface area is 117 Å². The van der Waals surface area contributed by atoms with Crippen LogP contribution in [0.4, 0.5) is 0 Å². The molecule has 4 nitrogen and oxygen atoms in total. The van der Waals surface area contributed by atoms with Gasteiger partial charge in [0.25, 0.3) is 0 Å². The van der Waals surface area contributed by atoms with E-state index < -0.39 is 0 Å². The van der Waals surface area contributed by atoms with Crippen LogP contribution in [0.3, 0.4) is 0 Å². The quantitative estimate of drug-likeness (QED) is 0.793. The van der Waals surface area contributed by atoms with E-state index in [1.807, 2.05) is 0 Å². The van der Waals surface area contributed by atoms with E-state index in [1.54, 1.807) is 0 Å². The van der Waals surface area contributed by atoms with Crippen molar-refractivity contribution in [2.45, 2.75) is 64.0 Å². The summed E-state index contributed by atoms with van der Waals surface area (Å²) in [5.41, 5.74) is -0.275. The first-order chi connectivity index (χ1) is 9.20. The van der Waals surface area contributed by atoms with Crippen LogP contribution in [0.15, 0.2) is 0 Å². The Morgan fingerprint density at radius 2 is 2.26 bits per heavy atom. The molecule has 2 atom stereocenters. The lowest BCUT2D eigenvalue weighted by Crippen LogP contribution is -2.58. The van der Waals surface area contributed by atoms with Crippen molar-refractivity contribution < 1.29 is 4.79 Å². The second-order valence-corrected chi connectivity index (χ2v) is 6.07. The number of likely N-dealkylation sites (N-methyl/N-ethyl adjacent to an activating group) is 1. The molecule has 2 fully saturated rings. The molecule has 2 saturated heterocycles. The van der Waals surface area contributed by atoms with Crippen molar-refractivity contribution >= 4 is 5.91 Å². The number of rotatable bonds is 5. The van der Waals surface area contributed by atoms with Gasteiger partial charge < -0.3 is 15.5 Å². The standard InChI is InChI=1S/C15H29N3O/c1-3-8-15(9-6-10-16-15)14(19)17-13-7-5-11-18(4-2)12-13/h13,16H,3-12H2,1-2H3,(H,17,19). The SMILES string of the molecule is CCCC1(C(=O)NC2CCCN(CC)C2)CCCN1. The first kappa shape index (κ1) is 14.8. The maximum atomic E-state index is 12.6. The van der Waals surface area contributed by atoms with E-state index >= 15 is 0 Å². The molecule has 0 saturated carbocycles. The van der Waals surface area contributed by atoms with E-state index in [-0.39, 0.29) is 11.4 Å². The molecule has 4 heteroatoms. The molecular weight excluding hydrogens is 238 g/mol. The number of piperidine rings is 1. The minimum atomic E-state index is -0.275. The number of amides is 1. The lowest BCUT2D eigenvalue weighted by Gasteiger charge is -2.35. The minimum absolute atomic E-state index is 0.245. The van der Waals surface area contributed by atoms with Gasteiger partial charge in [0.15, 0.2) is 0 Å². The highest BCUT2D eigenvalue weighted by Gasteiger charge is 2.40. The van der Waals surface area contributed by atoms with Gasteiger partial charge in [0.05, 0.1) is 5.54 Å². The van der Waals surface area contributed by atoms with Gasteiger partial charge in [-0.15, -0.1) is 0 Å². The average molecular weight is 267 g/mol. The largest absolute Gasteiger partial charge is 0.350 e. The van der Waals surface area contributed by atoms with Crippen molar-refractivity contribution in [1.82, 2.24) is 15.5 Å². The molecule has 2 N–H and O–H groups in total. The number of nitrogens with zero attached hydrogens (tertiary/aromatic N) is 1. The van der Waals surface area contributed by atoms with Gasteiger partial charge in [-0.05, 0) is 51.7 Å². The van der Waals surface area contributed by atoms with Crippen molar-refractivity contribution in [3.05, 3.63) is 0 Å². The normalized spacial score (nSPS) is 32.4. The fourth-order valence-corrected chi connectivity index (χ4v) is 3.54. The first-order valence-electron chi connectivity index (χ1n) is 7.98. The molecule has 0 aliphatic carbocycles. The molecule has 0 bridgehead atoms. The second kappa shape index (κ2) is 6.71. The number of carbonyl (C=O) groups is 1. The van der Waals surface area contributed by atoms with E-state index in [4.69, 9.17) is 0 Å². The van der Waals surface area contributed by atoms with E-state index in [1.165, 1.54) is 13.0 Å². The van der Waals surface area contributed by atoms with Gasteiger partial charge in [-0.1, -0.05) is 20.3 Å². The van der Waals surface area contributed by atoms with E-state index in [9.17, 15) is 4.79 Å². The van der Waals surface area contributed by atoms with Gasteiger partial charge in [-0.25, -0.2) is 0 Å². The molecule has 0 aromatic heterocycles. The molecule has 0 aromatic rings. The van der Waals surface area contributed by atoms with Crippen LogP contribution in [0.5, 0.6) is 0 Å². The summed E-state index contributed by atoms with van der Waals surface area (Å²) < 4.78 is 0. The third-order valence-corrected chi connectivity index (χ3v) is 4.64. The Kier molecular flexibility index (Phi) is 5.22. The molecule has 2 unspecified atom stereocenters. The third kappa shape index (κ3) is 3.48. The zero-order chi connectivity index (χ0) is 13.7. The Morgan fingerprint density at radius 3 is 2.89 bits per heavy atom. The number of nitrogens with one attached hydrogen (secondary N) is 2. The maximum absolute atomic E-state index is 12.6. The predicted molar refractivity (Wildman–Crippen MR) is 78.2 cm³/mol. The van der Waals surface area contributed by atoms with E-state index in [0.717, 1.165) is 51.7 Å². The Bertz CT molecular complexity index is 300. The first-order valence-corrected chi connectivity index (χ1v) is 7.98. The van der Waals surface area contributed by atoms with Crippen molar-refractivity contribution in [1.29, 1.82) is 0 Å². The van der Waals surface area contributed by atoms with Crippen molar-refractivity contribution in [3.8, 4) is 0 Å². The lowest BCUT2D eigenvalue weighted by atomic mass is 9.90. The van der Waals surface area contributed by atoms with Gasteiger partial charge >= 0.3 is 0 Å². The topological polar surface area (TPSA) is 44.4 Å². The van der Waals surface area contributed by atoms with Gasteiger partial charge in [0, 0.05) is 12.6 Å². The van der Waals surface area contributed by atoms with E-state index in [2.05, 4.69) is 29.4 Å². The average Bonchev–Trinajstić information content (AvgIpc) is 2.89. The molecule has 110 valence electrons. The van der Waals surface area contributed by atoms with E-state index in [0.29, 0.717) is 6.04 Å². The zero-order valence-electron chi connectivity index (χ0n) is 12.5. The summed E-state index contributed by atoms with van der Waals surface area (Å²) in [6, 6.07) is 0.345. The summed E-state index contributed by atoms with van der Waals surface area (Å²) in [4.78, 5) is 15.1. The van der Waals surface area contributed by atoms with Crippen LogP contribution in [0.1, 0.15) is 52.4 Å². The molecule has 2 heterocycles. The lowest BCUT2D eigenvalue weighted by molar-refractivity contribution is -0.128. The van der Waals surface area contributed by atoms with Crippen LogP contribution >= 0.6 is 0 Å². The summed E-state index contributed by atoms with van der Waals surface area (Å²) in [5, 5.41) is 6.77. The summed E-state index contributed by atoms with van der Waals surface area (Å²) in [6.45, 7) is 8.63. The van der Waals surface area contributed by atoms with Crippen LogP contribution in [0.25, 0.3) is 0 Å². The monoisotopic (exact) mass is 267 g/mol. The van der Waals surface area contributed by atoms with Crippen LogP contribution in [0, 0.1) is 0 Å². The highest BCUT2D eigenvalue weighted by Crippen LogP contribution is 2.25. The number of hydrogen-bond donors (Lipinski definition) is 2. The van der Waals surface area contributed by atoms with Crippen molar-refractivity contribution in [3.63, 3.8) is 0 Å². The highest BCUT2D eigenvalue weighted by molar-refractivity contribution is 5.87. The minimum Gasteiger partial charge on any atom is -0.350 e. The summed E-state index contributed by atoms with van der Waals surface area (Å²) >= 11 is 0. The van der Waals surface area contributed by atoms with Crippen LogP contribution in [-0.4, -0.2) is 48.6 Å². The second-order valence-electron chi connectivity index (χ2n) is 6.07. The van der Waals surface area contributed by atoms with Gasteiger partial charge in [-0.3, -0.25) is 4.79 Å². The molecule has 2 aliphatic heterocycles. The Morgan fingerprint density at radius 1 is 1.42 bits per heavy atom. The molecular formula is C15H29N3O. The Balaban J connectivity index is 1.91. The zero-order valence-corrected chi connectivity index (χ0v) is 12.5. The van der Waals surface area contributed by atoms with Crippen LogP contribution < -0.4 is 10.6 Å². The molecule has 0 spiro atoms. The fraction of sp³-hybridized carbons (Fsp3) is 0.933. The highest BCUT2D eigenvalue weighted by atomic mass is 16.2. The molecule has 0 aromatic carbocycles. The molecule has 2 aliphatic rings. The third-order valence-electron chi connectivity index (χ3n) is 4.64. The van der Waals surface area contributed by atoms with Crippen LogP contribution in [-0.2, 0) is 4.79 Å².